The van der Waals surface area contributed by atoms with Crippen molar-refractivity contribution in [3.05, 3.63) is 29.8 Å². The Morgan fingerprint density at radius 1 is 1.27 bits per heavy atom. The van der Waals surface area contributed by atoms with E-state index in [1.807, 2.05) is 6.07 Å². The van der Waals surface area contributed by atoms with Crippen molar-refractivity contribution in [2.24, 2.45) is 5.92 Å². The summed E-state index contributed by atoms with van der Waals surface area (Å²) in [6.07, 6.45) is 1.17. The SMILES string of the molecule is COc1ccccc1C[C@H](C)[CH2][SnH]([CH3])[CH3]. The van der Waals surface area contributed by atoms with Gasteiger partial charge in [-0.25, -0.2) is 0 Å². The quantitative estimate of drug-likeness (QED) is 0.758. The van der Waals surface area contributed by atoms with Gasteiger partial charge in [-0.05, 0) is 0 Å². The number of benzene rings is 1. The Kier molecular flexibility index (Phi) is 5.51. The number of rotatable bonds is 5. The first-order chi connectivity index (χ1) is 7.13. The number of hydrogen-bond acceptors (Lipinski definition) is 1. The van der Waals surface area contributed by atoms with Gasteiger partial charge in [0.05, 0.1) is 0 Å². The van der Waals surface area contributed by atoms with Crippen LogP contribution in [0.4, 0.5) is 0 Å². The maximum atomic E-state index is 5.37. The van der Waals surface area contributed by atoms with Gasteiger partial charge in [-0.15, -0.1) is 0 Å². The van der Waals surface area contributed by atoms with Crippen LogP contribution in [0.25, 0.3) is 0 Å². The van der Waals surface area contributed by atoms with Gasteiger partial charge < -0.3 is 0 Å². The van der Waals surface area contributed by atoms with E-state index in [-0.39, 0.29) is 0 Å². The first-order valence-corrected chi connectivity index (χ1v) is 14.7. The van der Waals surface area contributed by atoms with E-state index in [0.717, 1.165) is 11.7 Å². The molecule has 0 saturated carbocycles. The third-order valence-corrected chi connectivity index (χ3v) is 7.62. The predicted octanol–water partition coefficient (Wildman–Crippen LogP) is 3.36. The molecule has 1 atom stereocenters. The van der Waals surface area contributed by atoms with Crippen molar-refractivity contribution >= 4 is 19.8 Å². The molecule has 0 spiro atoms. The van der Waals surface area contributed by atoms with Crippen molar-refractivity contribution in [2.45, 2.75) is 27.7 Å². The van der Waals surface area contributed by atoms with E-state index in [0.29, 0.717) is 0 Å². The molecule has 0 aliphatic carbocycles. The second-order valence-electron chi connectivity index (χ2n) is 4.75. The molecule has 1 rings (SSSR count). The number of para-hydroxylation sites is 1. The Bertz CT molecular complexity index is 296. The zero-order valence-electron chi connectivity index (χ0n) is 10.3. The van der Waals surface area contributed by atoms with Gasteiger partial charge in [0.25, 0.3) is 0 Å². The maximum absolute atomic E-state index is 5.37. The monoisotopic (exact) mass is 314 g/mol. The van der Waals surface area contributed by atoms with Crippen LogP contribution < -0.4 is 4.74 Å². The molecule has 0 amide bonds. The summed E-state index contributed by atoms with van der Waals surface area (Å²) in [5.41, 5.74) is 1.36. The van der Waals surface area contributed by atoms with Crippen LogP contribution >= 0.6 is 0 Å². The molecule has 0 fully saturated rings. The molecule has 2 heteroatoms. The molecule has 0 saturated heterocycles. The van der Waals surface area contributed by atoms with Crippen LogP contribution in [0.2, 0.25) is 14.3 Å². The molecular formula is C13H22OSn. The van der Waals surface area contributed by atoms with Crippen molar-refractivity contribution in [1.29, 1.82) is 0 Å². The van der Waals surface area contributed by atoms with Gasteiger partial charge in [-0.2, -0.15) is 0 Å². The topological polar surface area (TPSA) is 9.23 Å². The molecule has 84 valence electrons. The van der Waals surface area contributed by atoms with E-state index >= 15 is 0 Å². The summed E-state index contributed by atoms with van der Waals surface area (Å²) < 4.78 is 6.85. The van der Waals surface area contributed by atoms with E-state index < -0.39 is 19.8 Å². The fourth-order valence-corrected chi connectivity index (χ4v) is 7.20. The first-order valence-electron chi connectivity index (χ1n) is 5.75. The average Bonchev–Trinajstić information content (AvgIpc) is 2.17. The molecule has 0 aliphatic heterocycles. The summed E-state index contributed by atoms with van der Waals surface area (Å²) in [7, 11) is 1.76. The predicted molar refractivity (Wildman–Crippen MR) is 69.5 cm³/mol. The van der Waals surface area contributed by atoms with E-state index in [4.69, 9.17) is 4.74 Å². The zero-order chi connectivity index (χ0) is 11.3. The fraction of sp³-hybridized carbons (Fsp3) is 0.538. The third kappa shape index (κ3) is 4.45. The molecule has 0 aromatic heterocycles. The molecule has 0 N–H and O–H groups in total. The van der Waals surface area contributed by atoms with E-state index in [1.165, 1.54) is 16.4 Å². The molecule has 1 nitrogen and oxygen atoms in total. The van der Waals surface area contributed by atoms with Gasteiger partial charge in [0.15, 0.2) is 0 Å². The van der Waals surface area contributed by atoms with Crippen LogP contribution in [0.3, 0.4) is 0 Å². The van der Waals surface area contributed by atoms with Gasteiger partial charge in [0, 0.05) is 0 Å². The minimum atomic E-state index is -1.05. The summed E-state index contributed by atoms with van der Waals surface area (Å²) in [6, 6.07) is 8.38. The van der Waals surface area contributed by atoms with Gasteiger partial charge in [0.1, 0.15) is 0 Å². The van der Waals surface area contributed by atoms with Crippen molar-refractivity contribution in [2.75, 3.05) is 7.11 Å². The Morgan fingerprint density at radius 2 is 1.93 bits per heavy atom. The van der Waals surface area contributed by atoms with Crippen LogP contribution in [-0.4, -0.2) is 26.9 Å². The van der Waals surface area contributed by atoms with Crippen LogP contribution in [0.1, 0.15) is 12.5 Å². The Labute approximate surface area is 101 Å². The van der Waals surface area contributed by atoms with Crippen LogP contribution in [-0.2, 0) is 6.42 Å². The second kappa shape index (κ2) is 6.41. The number of methoxy groups -OCH3 is 1. The van der Waals surface area contributed by atoms with Gasteiger partial charge in [-0.3, -0.25) is 0 Å². The molecule has 0 aliphatic rings. The normalized spacial score (nSPS) is 12.9. The first kappa shape index (κ1) is 12.9. The van der Waals surface area contributed by atoms with Gasteiger partial charge in [0.2, 0.25) is 0 Å². The molecule has 1 aromatic rings. The molecule has 0 heterocycles. The van der Waals surface area contributed by atoms with Crippen molar-refractivity contribution in [3.63, 3.8) is 0 Å². The molecular weight excluding hydrogens is 291 g/mol. The summed E-state index contributed by atoms with van der Waals surface area (Å²) in [4.78, 5) is 4.97. The van der Waals surface area contributed by atoms with Crippen LogP contribution in [0.15, 0.2) is 24.3 Å². The fourth-order valence-electron chi connectivity index (χ4n) is 2.14. The standard InChI is InChI=1S/C11H15O.2CH3.Sn.H/c1-9(2)8-10-6-4-5-7-11(10)12-3;;;;/h4-7,9H,1,8H2,2-3H3;2*1H3;;/t9-;;;;/m0..../s1. The third-order valence-electron chi connectivity index (χ3n) is 2.63. The van der Waals surface area contributed by atoms with Crippen LogP contribution in [0, 0.1) is 5.92 Å². The van der Waals surface area contributed by atoms with E-state index in [2.05, 4.69) is 35.0 Å². The molecule has 15 heavy (non-hydrogen) atoms. The van der Waals surface area contributed by atoms with E-state index in [1.54, 1.807) is 7.11 Å². The molecule has 0 bridgehead atoms. The molecule has 0 radical (unpaired) electrons. The summed E-state index contributed by atoms with van der Waals surface area (Å²) >= 11 is -1.05. The van der Waals surface area contributed by atoms with E-state index in [9.17, 15) is 0 Å². The van der Waals surface area contributed by atoms with Crippen molar-refractivity contribution < 1.29 is 4.74 Å². The number of hydrogen-bond donors (Lipinski definition) is 0. The summed E-state index contributed by atoms with van der Waals surface area (Å²) in [5, 5.41) is 0. The van der Waals surface area contributed by atoms with Crippen molar-refractivity contribution in [1.82, 2.24) is 0 Å². The Morgan fingerprint density at radius 3 is 2.53 bits per heavy atom. The van der Waals surface area contributed by atoms with Gasteiger partial charge >= 0.3 is 101 Å². The minimum absolute atomic E-state index is 0.817. The zero-order valence-corrected chi connectivity index (χ0v) is 13.6. The Balaban J connectivity index is 2.63. The molecule has 1 aromatic carbocycles. The van der Waals surface area contributed by atoms with Crippen molar-refractivity contribution in [3.8, 4) is 5.75 Å². The number of ether oxygens (including phenoxy) is 1. The Hall–Kier alpha value is -0.181. The summed E-state index contributed by atoms with van der Waals surface area (Å²) in [6.45, 7) is 2.36. The summed E-state index contributed by atoms with van der Waals surface area (Å²) in [5.74, 6) is 1.86. The molecule has 0 unspecified atom stereocenters. The second-order valence-corrected chi connectivity index (χ2v) is 14.1. The van der Waals surface area contributed by atoms with Crippen LogP contribution in [0.5, 0.6) is 5.75 Å². The van der Waals surface area contributed by atoms with Gasteiger partial charge in [-0.1, -0.05) is 0 Å². The average molecular weight is 313 g/mol.